The van der Waals surface area contributed by atoms with Gasteiger partial charge in [0, 0.05) is 6.54 Å². The first-order valence-corrected chi connectivity index (χ1v) is 6.48. The number of methoxy groups -OCH3 is 2. The molecule has 0 saturated carbocycles. The number of hydrogen-bond acceptors (Lipinski definition) is 5. The van der Waals surface area contributed by atoms with Crippen LogP contribution in [0.15, 0.2) is 30.9 Å². The molecule has 1 atom stereocenters. The maximum atomic E-state index is 12.0. The maximum Gasteiger partial charge on any atom is 0.244 e. The first kappa shape index (κ1) is 14.8. The number of amides is 1. The Kier molecular flexibility index (Phi) is 4.76. The molecule has 7 heteroatoms. The van der Waals surface area contributed by atoms with Crippen molar-refractivity contribution < 1.29 is 14.3 Å². The van der Waals surface area contributed by atoms with Gasteiger partial charge in [-0.3, -0.25) is 4.79 Å². The Morgan fingerprint density at radius 1 is 1.33 bits per heavy atom. The predicted octanol–water partition coefficient (Wildman–Crippen LogP) is 1.17. The van der Waals surface area contributed by atoms with E-state index in [-0.39, 0.29) is 5.91 Å². The number of nitrogens with one attached hydrogen (secondary N) is 1. The molecule has 1 aromatic heterocycles. The smallest absolute Gasteiger partial charge is 0.244 e. The van der Waals surface area contributed by atoms with E-state index in [1.807, 2.05) is 12.1 Å². The van der Waals surface area contributed by atoms with Crippen LogP contribution in [0, 0.1) is 0 Å². The first-order valence-electron chi connectivity index (χ1n) is 6.48. The third-order valence-corrected chi connectivity index (χ3v) is 3.13. The van der Waals surface area contributed by atoms with Crippen LogP contribution < -0.4 is 14.8 Å². The van der Waals surface area contributed by atoms with Crippen LogP contribution in [0.4, 0.5) is 0 Å². The van der Waals surface area contributed by atoms with E-state index in [4.69, 9.17) is 9.47 Å². The second kappa shape index (κ2) is 6.74. The highest BCUT2D eigenvalue weighted by Gasteiger charge is 2.15. The summed E-state index contributed by atoms with van der Waals surface area (Å²) in [7, 11) is 3.16. The van der Waals surface area contributed by atoms with Crippen molar-refractivity contribution >= 4 is 5.91 Å². The van der Waals surface area contributed by atoms with Crippen LogP contribution in [0.1, 0.15) is 18.5 Å². The second-order valence-electron chi connectivity index (χ2n) is 4.46. The second-order valence-corrected chi connectivity index (χ2v) is 4.46. The molecule has 1 N–H and O–H groups in total. The monoisotopic (exact) mass is 290 g/mol. The maximum absolute atomic E-state index is 12.0. The van der Waals surface area contributed by atoms with Gasteiger partial charge in [0.25, 0.3) is 0 Å². The largest absolute Gasteiger partial charge is 0.493 e. The number of nitrogens with zero attached hydrogens (tertiary/aromatic N) is 3. The Morgan fingerprint density at radius 3 is 2.71 bits per heavy atom. The number of hydrogen-bond donors (Lipinski definition) is 1. The number of carbonyl (C=O) groups is 1. The quantitative estimate of drug-likeness (QED) is 0.864. The average molecular weight is 290 g/mol. The van der Waals surface area contributed by atoms with Gasteiger partial charge in [0.1, 0.15) is 18.7 Å². The zero-order chi connectivity index (χ0) is 15.2. The summed E-state index contributed by atoms with van der Waals surface area (Å²) in [5.74, 6) is 1.16. The molecular weight excluding hydrogens is 272 g/mol. The SMILES string of the molecule is COc1ccc(CNC(=O)[C@H](C)n2cncn2)cc1OC. The van der Waals surface area contributed by atoms with Gasteiger partial charge in [-0.25, -0.2) is 9.67 Å². The Hall–Kier alpha value is -2.57. The molecule has 0 aliphatic rings. The van der Waals surface area contributed by atoms with Crippen LogP contribution >= 0.6 is 0 Å². The summed E-state index contributed by atoms with van der Waals surface area (Å²) in [6.07, 6.45) is 2.92. The van der Waals surface area contributed by atoms with Gasteiger partial charge < -0.3 is 14.8 Å². The molecule has 0 fully saturated rings. The van der Waals surface area contributed by atoms with Gasteiger partial charge in [0.05, 0.1) is 14.2 Å². The lowest BCUT2D eigenvalue weighted by atomic mass is 10.2. The Labute approximate surface area is 122 Å². The number of rotatable bonds is 6. The van der Waals surface area contributed by atoms with E-state index in [2.05, 4.69) is 15.4 Å². The summed E-state index contributed by atoms with van der Waals surface area (Å²) in [6, 6.07) is 5.11. The molecule has 7 nitrogen and oxygen atoms in total. The third kappa shape index (κ3) is 3.50. The summed E-state index contributed by atoms with van der Waals surface area (Å²) < 4.78 is 11.9. The fourth-order valence-corrected chi connectivity index (χ4v) is 1.86. The van der Waals surface area contributed by atoms with Crippen LogP contribution in [-0.2, 0) is 11.3 Å². The molecule has 0 saturated heterocycles. The molecule has 0 aliphatic heterocycles. The molecule has 0 unspecified atom stereocenters. The lowest BCUT2D eigenvalue weighted by molar-refractivity contribution is -0.124. The summed E-state index contributed by atoms with van der Waals surface area (Å²) in [5, 5.41) is 6.80. The number of benzene rings is 1. The van der Waals surface area contributed by atoms with Crippen LogP contribution in [0.5, 0.6) is 11.5 Å². The van der Waals surface area contributed by atoms with Crippen molar-refractivity contribution in [3.8, 4) is 11.5 Å². The molecule has 2 aromatic rings. The zero-order valence-electron chi connectivity index (χ0n) is 12.2. The lowest BCUT2D eigenvalue weighted by Crippen LogP contribution is -2.30. The normalized spacial score (nSPS) is 11.8. The summed E-state index contributed by atoms with van der Waals surface area (Å²) in [6.45, 7) is 2.16. The lowest BCUT2D eigenvalue weighted by Gasteiger charge is -2.13. The van der Waals surface area contributed by atoms with Gasteiger partial charge >= 0.3 is 0 Å². The van der Waals surface area contributed by atoms with E-state index in [9.17, 15) is 4.79 Å². The topological polar surface area (TPSA) is 78.3 Å². The molecule has 21 heavy (non-hydrogen) atoms. The Bertz CT molecular complexity index is 598. The van der Waals surface area contributed by atoms with E-state index >= 15 is 0 Å². The predicted molar refractivity (Wildman–Crippen MR) is 76.1 cm³/mol. The van der Waals surface area contributed by atoms with E-state index in [0.29, 0.717) is 18.0 Å². The minimum Gasteiger partial charge on any atom is -0.493 e. The van der Waals surface area contributed by atoms with Crippen molar-refractivity contribution in [1.82, 2.24) is 20.1 Å². The standard InChI is InChI=1S/C14H18N4O3/c1-10(18-9-15-8-17-18)14(19)16-7-11-4-5-12(20-2)13(6-11)21-3/h4-6,8-10H,7H2,1-3H3,(H,16,19)/t10-/m0/s1. The van der Waals surface area contributed by atoms with Gasteiger partial charge in [-0.05, 0) is 24.6 Å². The van der Waals surface area contributed by atoms with Gasteiger partial charge in [0.2, 0.25) is 5.91 Å². The minimum absolute atomic E-state index is 0.129. The number of ether oxygens (including phenoxy) is 2. The van der Waals surface area contributed by atoms with Crippen LogP contribution in [0.2, 0.25) is 0 Å². The third-order valence-electron chi connectivity index (χ3n) is 3.13. The van der Waals surface area contributed by atoms with Gasteiger partial charge in [-0.1, -0.05) is 6.07 Å². The number of carbonyl (C=O) groups excluding carboxylic acids is 1. The van der Waals surface area contributed by atoms with E-state index in [0.717, 1.165) is 5.56 Å². The van der Waals surface area contributed by atoms with Crippen molar-refractivity contribution in [3.05, 3.63) is 36.4 Å². The number of aromatic nitrogens is 3. The molecule has 0 bridgehead atoms. The van der Waals surface area contributed by atoms with Crippen molar-refractivity contribution in [3.63, 3.8) is 0 Å². The van der Waals surface area contributed by atoms with Crippen LogP contribution in [0.3, 0.4) is 0 Å². The fourth-order valence-electron chi connectivity index (χ4n) is 1.86. The highest BCUT2D eigenvalue weighted by Crippen LogP contribution is 2.27. The zero-order valence-corrected chi connectivity index (χ0v) is 12.2. The van der Waals surface area contributed by atoms with Gasteiger partial charge in [-0.2, -0.15) is 5.10 Å². The highest BCUT2D eigenvalue weighted by atomic mass is 16.5. The summed E-state index contributed by atoms with van der Waals surface area (Å²) in [4.78, 5) is 15.9. The molecule has 2 rings (SSSR count). The highest BCUT2D eigenvalue weighted by molar-refractivity contribution is 5.79. The Morgan fingerprint density at radius 2 is 2.10 bits per heavy atom. The fraction of sp³-hybridized carbons (Fsp3) is 0.357. The summed E-state index contributed by atoms with van der Waals surface area (Å²) in [5.41, 5.74) is 0.923. The molecule has 1 heterocycles. The van der Waals surface area contributed by atoms with Gasteiger partial charge in [-0.15, -0.1) is 0 Å². The van der Waals surface area contributed by atoms with Gasteiger partial charge in [0.15, 0.2) is 11.5 Å². The Balaban J connectivity index is 1.98. The van der Waals surface area contributed by atoms with Crippen molar-refractivity contribution in [1.29, 1.82) is 0 Å². The molecule has 112 valence electrons. The molecule has 0 spiro atoms. The van der Waals surface area contributed by atoms with E-state index in [1.54, 1.807) is 27.2 Å². The summed E-state index contributed by atoms with van der Waals surface area (Å²) >= 11 is 0. The molecule has 0 aliphatic carbocycles. The van der Waals surface area contributed by atoms with Crippen LogP contribution in [0.25, 0.3) is 0 Å². The van der Waals surface area contributed by atoms with Crippen molar-refractivity contribution in [2.24, 2.45) is 0 Å². The molecule has 1 amide bonds. The molecule has 0 radical (unpaired) electrons. The average Bonchev–Trinajstić information content (AvgIpc) is 3.05. The van der Waals surface area contributed by atoms with Crippen LogP contribution in [-0.4, -0.2) is 34.9 Å². The molecule has 1 aromatic carbocycles. The van der Waals surface area contributed by atoms with E-state index in [1.165, 1.54) is 17.3 Å². The van der Waals surface area contributed by atoms with E-state index < -0.39 is 6.04 Å². The first-order chi connectivity index (χ1) is 10.2. The van der Waals surface area contributed by atoms with Crippen molar-refractivity contribution in [2.45, 2.75) is 19.5 Å². The minimum atomic E-state index is -0.410. The molecular formula is C14H18N4O3. The van der Waals surface area contributed by atoms with Crippen molar-refractivity contribution in [2.75, 3.05) is 14.2 Å².